The van der Waals surface area contributed by atoms with Crippen molar-refractivity contribution in [1.29, 1.82) is 0 Å². The summed E-state index contributed by atoms with van der Waals surface area (Å²) in [6.45, 7) is 0.755. The molecule has 0 bridgehead atoms. The molecule has 27 heavy (non-hydrogen) atoms. The molecule has 1 heterocycles. The number of benzene rings is 1. The zero-order chi connectivity index (χ0) is 19.4. The van der Waals surface area contributed by atoms with E-state index in [0.29, 0.717) is 23.4 Å². The van der Waals surface area contributed by atoms with Gasteiger partial charge >= 0.3 is 6.09 Å². The summed E-state index contributed by atoms with van der Waals surface area (Å²) in [5.41, 5.74) is 7.08. The molecule has 1 aliphatic rings. The lowest BCUT2D eigenvalue weighted by atomic mass is 10.2. The van der Waals surface area contributed by atoms with E-state index in [-0.39, 0.29) is 5.56 Å². The Labute approximate surface area is 156 Å². The van der Waals surface area contributed by atoms with Gasteiger partial charge in [0.2, 0.25) is 5.95 Å². The fourth-order valence-corrected chi connectivity index (χ4v) is 2.46. The highest BCUT2D eigenvalue weighted by Gasteiger charge is 2.22. The minimum atomic E-state index is -0.574. The second kappa shape index (κ2) is 7.90. The van der Waals surface area contributed by atoms with Gasteiger partial charge in [0.05, 0.1) is 12.7 Å². The Balaban J connectivity index is 1.73. The van der Waals surface area contributed by atoms with Crippen molar-refractivity contribution in [3.05, 3.63) is 36.0 Å². The number of amides is 2. The Hall–Kier alpha value is -3.36. The third-order valence-electron chi connectivity index (χ3n) is 4.27. The van der Waals surface area contributed by atoms with Crippen LogP contribution in [0.5, 0.6) is 0 Å². The van der Waals surface area contributed by atoms with Crippen molar-refractivity contribution in [2.24, 2.45) is 11.7 Å². The maximum atomic E-state index is 11.6. The molecular formula is C18H22N6O3. The SMILES string of the molecule is COC(=O)N(C)c1ccc(Nc2ncc(C(N)=O)c(NCC3CC3)n2)cc1. The molecule has 1 aromatic carbocycles. The van der Waals surface area contributed by atoms with E-state index in [4.69, 9.17) is 5.73 Å². The summed E-state index contributed by atoms with van der Waals surface area (Å²) >= 11 is 0. The van der Waals surface area contributed by atoms with Gasteiger partial charge in [0.15, 0.2) is 0 Å². The fraction of sp³-hybridized carbons (Fsp3) is 0.333. The topological polar surface area (TPSA) is 122 Å². The lowest BCUT2D eigenvalue weighted by molar-refractivity contribution is 0.100. The highest BCUT2D eigenvalue weighted by molar-refractivity contribution is 5.97. The zero-order valence-corrected chi connectivity index (χ0v) is 15.2. The van der Waals surface area contributed by atoms with Crippen molar-refractivity contribution in [3.8, 4) is 0 Å². The van der Waals surface area contributed by atoms with Crippen LogP contribution in [0.4, 0.5) is 27.9 Å². The predicted octanol–water partition coefficient (Wildman–Crippen LogP) is 2.34. The summed E-state index contributed by atoms with van der Waals surface area (Å²) in [6, 6.07) is 7.11. The summed E-state index contributed by atoms with van der Waals surface area (Å²) in [6.07, 6.45) is 3.32. The third kappa shape index (κ3) is 4.63. The van der Waals surface area contributed by atoms with E-state index in [0.717, 1.165) is 12.2 Å². The first kappa shape index (κ1) is 18.4. The number of nitrogens with two attached hydrogens (primary N) is 1. The van der Waals surface area contributed by atoms with E-state index < -0.39 is 12.0 Å². The Bertz CT molecular complexity index is 835. The smallest absolute Gasteiger partial charge is 0.413 e. The number of anilines is 4. The molecule has 1 aliphatic carbocycles. The molecule has 9 nitrogen and oxygen atoms in total. The summed E-state index contributed by atoms with van der Waals surface area (Å²) in [5, 5.41) is 6.25. The number of nitrogens with zero attached hydrogens (tertiary/aromatic N) is 3. The van der Waals surface area contributed by atoms with E-state index in [1.807, 2.05) is 0 Å². The first-order chi connectivity index (χ1) is 13.0. The average molecular weight is 370 g/mol. The predicted molar refractivity (Wildman–Crippen MR) is 102 cm³/mol. The van der Waals surface area contributed by atoms with Crippen LogP contribution in [0.25, 0.3) is 0 Å². The maximum absolute atomic E-state index is 11.6. The van der Waals surface area contributed by atoms with Crippen molar-refractivity contribution in [2.45, 2.75) is 12.8 Å². The number of carbonyl (C=O) groups excluding carboxylic acids is 2. The molecular weight excluding hydrogens is 348 g/mol. The van der Waals surface area contributed by atoms with Crippen LogP contribution < -0.4 is 21.3 Å². The number of aromatic nitrogens is 2. The van der Waals surface area contributed by atoms with Gasteiger partial charge in [-0.1, -0.05) is 0 Å². The van der Waals surface area contributed by atoms with E-state index in [9.17, 15) is 9.59 Å². The summed E-state index contributed by atoms with van der Waals surface area (Å²) in [7, 11) is 2.95. The second-order valence-corrected chi connectivity index (χ2v) is 6.35. The van der Waals surface area contributed by atoms with E-state index in [1.165, 1.54) is 31.0 Å². The summed E-state index contributed by atoms with van der Waals surface area (Å²) in [5.74, 6) is 0.813. The number of hydrogen-bond acceptors (Lipinski definition) is 7. The fourth-order valence-electron chi connectivity index (χ4n) is 2.46. The Morgan fingerprint density at radius 1 is 1.30 bits per heavy atom. The molecule has 0 aliphatic heterocycles. The van der Waals surface area contributed by atoms with Crippen LogP contribution in [0.2, 0.25) is 0 Å². The van der Waals surface area contributed by atoms with Crippen LogP contribution in [0.15, 0.2) is 30.5 Å². The minimum absolute atomic E-state index is 0.260. The van der Waals surface area contributed by atoms with Crippen LogP contribution in [-0.4, -0.2) is 42.7 Å². The molecule has 0 unspecified atom stereocenters. The van der Waals surface area contributed by atoms with Crippen LogP contribution in [-0.2, 0) is 4.74 Å². The lowest BCUT2D eigenvalue weighted by Crippen LogP contribution is -2.25. The molecule has 0 atom stereocenters. The van der Waals surface area contributed by atoms with Crippen LogP contribution in [0.3, 0.4) is 0 Å². The third-order valence-corrected chi connectivity index (χ3v) is 4.27. The number of carbonyl (C=O) groups is 2. The van der Waals surface area contributed by atoms with Gasteiger partial charge in [0.1, 0.15) is 5.82 Å². The maximum Gasteiger partial charge on any atom is 0.413 e. The zero-order valence-electron chi connectivity index (χ0n) is 15.2. The molecule has 0 radical (unpaired) electrons. The molecule has 2 aromatic rings. The highest BCUT2D eigenvalue weighted by atomic mass is 16.5. The molecule has 4 N–H and O–H groups in total. The first-order valence-corrected chi connectivity index (χ1v) is 8.57. The molecule has 1 fully saturated rings. The quantitative estimate of drug-likeness (QED) is 0.683. The monoisotopic (exact) mass is 370 g/mol. The second-order valence-electron chi connectivity index (χ2n) is 6.35. The van der Waals surface area contributed by atoms with Crippen LogP contribution in [0, 0.1) is 5.92 Å². The van der Waals surface area contributed by atoms with Gasteiger partial charge in [-0.2, -0.15) is 4.98 Å². The van der Waals surface area contributed by atoms with Crippen molar-refractivity contribution < 1.29 is 14.3 Å². The molecule has 3 rings (SSSR count). The van der Waals surface area contributed by atoms with Crippen molar-refractivity contribution in [1.82, 2.24) is 9.97 Å². The molecule has 2 amide bonds. The van der Waals surface area contributed by atoms with Crippen LogP contribution in [0.1, 0.15) is 23.2 Å². The van der Waals surface area contributed by atoms with Crippen molar-refractivity contribution >= 4 is 35.1 Å². The van der Waals surface area contributed by atoms with Gasteiger partial charge in [0.25, 0.3) is 5.91 Å². The minimum Gasteiger partial charge on any atom is -0.452 e. The molecule has 1 aromatic heterocycles. The number of nitrogens with one attached hydrogen (secondary N) is 2. The normalized spacial score (nSPS) is 13.0. The van der Waals surface area contributed by atoms with Gasteiger partial charge in [-0.15, -0.1) is 0 Å². The van der Waals surface area contributed by atoms with Crippen LogP contribution >= 0.6 is 0 Å². The Kier molecular flexibility index (Phi) is 5.39. The van der Waals surface area contributed by atoms with Gasteiger partial charge < -0.3 is 21.1 Å². The Morgan fingerprint density at radius 2 is 2.00 bits per heavy atom. The van der Waals surface area contributed by atoms with Gasteiger partial charge in [0, 0.05) is 31.2 Å². The molecule has 0 spiro atoms. The van der Waals surface area contributed by atoms with E-state index >= 15 is 0 Å². The van der Waals surface area contributed by atoms with Gasteiger partial charge in [-0.25, -0.2) is 9.78 Å². The molecule has 142 valence electrons. The number of hydrogen-bond donors (Lipinski definition) is 3. The molecule has 9 heteroatoms. The summed E-state index contributed by atoms with van der Waals surface area (Å²) in [4.78, 5) is 33.0. The van der Waals surface area contributed by atoms with E-state index in [2.05, 4.69) is 25.3 Å². The molecule has 1 saturated carbocycles. The number of ether oxygens (including phenoxy) is 1. The number of methoxy groups -OCH3 is 1. The Morgan fingerprint density at radius 3 is 2.59 bits per heavy atom. The number of rotatable bonds is 7. The standard InChI is InChI=1S/C18H22N6O3/c1-24(18(26)27-2)13-7-5-12(6-8-13)22-17-21-10-14(15(19)25)16(23-17)20-9-11-3-4-11/h5-8,10-11H,3-4,9H2,1-2H3,(H2,19,25)(H2,20,21,22,23). The average Bonchev–Trinajstić information content (AvgIpc) is 3.50. The van der Waals surface area contributed by atoms with E-state index in [1.54, 1.807) is 31.3 Å². The molecule has 0 saturated heterocycles. The largest absolute Gasteiger partial charge is 0.452 e. The van der Waals surface area contributed by atoms with Gasteiger partial charge in [-0.3, -0.25) is 9.69 Å². The first-order valence-electron chi connectivity index (χ1n) is 8.57. The summed E-state index contributed by atoms with van der Waals surface area (Å²) < 4.78 is 4.69. The van der Waals surface area contributed by atoms with Crippen molar-refractivity contribution in [2.75, 3.05) is 36.2 Å². The lowest BCUT2D eigenvalue weighted by Gasteiger charge is -2.16. The highest BCUT2D eigenvalue weighted by Crippen LogP contribution is 2.29. The van der Waals surface area contributed by atoms with Gasteiger partial charge in [-0.05, 0) is 43.0 Å². The number of primary amides is 1. The van der Waals surface area contributed by atoms with Crippen molar-refractivity contribution in [3.63, 3.8) is 0 Å².